The molecule has 4 nitrogen and oxygen atoms in total. The summed E-state index contributed by atoms with van der Waals surface area (Å²) in [6, 6.07) is 11.2. The number of halogens is 1. The van der Waals surface area contributed by atoms with Crippen molar-refractivity contribution in [1.82, 2.24) is 19.9 Å². The van der Waals surface area contributed by atoms with Gasteiger partial charge in [0, 0.05) is 18.7 Å². The molecule has 1 aromatic carbocycles. The lowest BCUT2D eigenvalue weighted by atomic mass is 10.1. The van der Waals surface area contributed by atoms with E-state index in [1.807, 2.05) is 24.3 Å². The number of hydrogen-bond acceptors (Lipinski definition) is 3. The number of aromatic nitrogens is 3. The Morgan fingerprint density at radius 2 is 1.96 bits per heavy atom. The molecule has 1 aliphatic rings. The van der Waals surface area contributed by atoms with Gasteiger partial charge in [-0.3, -0.25) is 0 Å². The number of benzene rings is 1. The molecule has 5 heteroatoms. The van der Waals surface area contributed by atoms with Crippen molar-refractivity contribution in [2.24, 2.45) is 0 Å². The number of pyridine rings is 1. The van der Waals surface area contributed by atoms with Gasteiger partial charge in [-0.1, -0.05) is 18.2 Å². The number of piperidine rings is 1. The molecular formula is C18H19FN4. The lowest BCUT2D eigenvalue weighted by Gasteiger charge is -2.26. The Morgan fingerprint density at radius 3 is 2.78 bits per heavy atom. The molecule has 1 fully saturated rings. The zero-order chi connectivity index (χ0) is 15.6. The number of nitrogens with zero attached hydrogens (tertiary/aromatic N) is 3. The van der Waals surface area contributed by atoms with E-state index in [4.69, 9.17) is 4.98 Å². The molecule has 2 aromatic heterocycles. The lowest BCUT2D eigenvalue weighted by molar-refractivity contribution is 0.366. The third-order valence-electron chi connectivity index (χ3n) is 4.50. The molecule has 1 N–H and O–H groups in total. The summed E-state index contributed by atoms with van der Waals surface area (Å²) in [5.74, 6) is 0.722. The van der Waals surface area contributed by atoms with Crippen LogP contribution in [0.25, 0.3) is 11.2 Å². The molecule has 3 heterocycles. The molecule has 1 aliphatic heterocycles. The second-order valence-electron chi connectivity index (χ2n) is 5.99. The van der Waals surface area contributed by atoms with Crippen molar-refractivity contribution in [2.75, 3.05) is 13.1 Å². The smallest absolute Gasteiger partial charge is 0.160 e. The summed E-state index contributed by atoms with van der Waals surface area (Å²) in [5, 5.41) is 3.39. The molecule has 0 spiro atoms. The summed E-state index contributed by atoms with van der Waals surface area (Å²) in [5.41, 5.74) is 2.47. The van der Waals surface area contributed by atoms with Crippen molar-refractivity contribution in [1.29, 1.82) is 0 Å². The first kappa shape index (κ1) is 14.3. The van der Waals surface area contributed by atoms with Crippen molar-refractivity contribution in [3.05, 3.63) is 59.8 Å². The van der Waals surface area contributed by atoms with Gasteiger partial charge in [-0.15, -0.1) is 0 Å². The lowest BCUT2D eigenvalue weighted by Crippen LogP contribution is -2.30. The van der Waals surface area contributed by atoms with Gasteiger partial charge in [0.05, 0.1) is 0 Å². The molecule has 0 unspecified atom stereocenters. The average Bonchev–Trinajstić information content (AvgIpc) is 2.95. The van der Waals surface area contributed by atoms with Gasteiger partial charge in [-0.25, -0.2) is 14.4 Å². The third-order valence-corrected chi connectivity index (χ3v) is 4.50. The van der Waals surface area contributed by atoms with Crippen LogP contribution in [0.15, 0.2) is 42.6 Å². The normalized spacial score (nSPS) is 16.0. The van der Waals surface area contributed by atoms with Crippen LogP contribution < -0.4 is 5.32 Å². The molecule has 1 saturated heterocycles. The van der Waals surface area contributed by atoms with Crippen LogP contribution in [0, 0.1) is 5.82 Å². The SMILES string of the molecule is Fc1ccccc1Cc1nc2cccnc2n1C1CCNCC1. The average molecular weight is 310 g/mol. The van der Waals surface area contributed by atoms with E-state index in [-0.39, 0.29) is 5.82 Å². The van der Waals surface area contributed by atoms with Gasteiger partial charge < -0.3 is 9.88 Å². The van der Waals surface area contributed by atoms with E-state index >= 15 is 0 Å². The molecule has 4 rings (SSSR count). The van der Waals surface area contributed by atoms with Crippen molar-refractivity contribution in [3.8, 4) is 0 Å². The minimum Gasteiger partial charge on any atom is -0.317 e. The maximum absolute atomic E-state index is 14.0. The standard InChI is InChI=1S/C18H19FN4/c19-15-5-2-1-4-13(15)12-17-22-16-6-3-9-21-18(16)23(17)14-7-10-20-11-8-14/h1-6,9,14,20H,7-8,10-12H2. The highest BCUT2D eigenvalue weighted by atomic mass is 19.1. The van der Waals surface area contributed by atoms with Crippen LogP contribution in [0.3, 0.4) is 0 Å². The van der Waals surface area contributed by atoms with Crippen molar-refractivity contribution in [3.63, 3.8) is 0 Å². The third kappa shape index (κ3) is 2.72. The summed E-state index contributed by atoms with van der Waals surface area (Å²) in [6.07, 6.45) is 4.39. The van der Waals surface area contributed by atoms with Crippen LogP contribution in [-0.4, -0.2) is 27.6 Å². The van der Waals surface area contributed by atoms with Crippen LogP contribution in [0.4, 0.5) is 4.39 Å². The number of imidazole rings is 1. The summed E-state index contributed by atoms with van der Waals surface area (Å²) in [4.78, 5) is 9.27. The van der Waals surface area contributed by atoms with Gasteiger partial charge in [0.2, 0.25) is 0 Å². The largest absolute Gasteiger partial charge is 0.317 e. The Morgan fingerprint density at radius 1 is 1.13 bits per heavy atom. The Labute approximate surface area is 134 Å². The quantitative estimate of drug-likeness (QED) is 0.808. The maximum atomic E-state index is 14.0. The van der Waals surface area contributed by atoms with E-state index in [0.717, 1.165) is 42.9 Å². The van der Waals surface area contributed by atoms with Crippen molar-refractivity contribution >= 4 is 11.2 Å². The zero-order valence-electron chi connectivity index (χ0n) is 12.9. The molecular weight excluding hydrogens is 291 g/mol. The highest BCUT2D eigenvalue weighted by Gasteiger charge is 2.22. The molecule has 0 atom stereocenters. The Bertz CT molecular complexity index is 821. The maximum Gasteiger partial charge on any atom is 0.160 e. The topological polar surface area (TPSA) is 42.7 Å². The summed E-state index contributed by atoms with van der Waals surface area (Å²) < 4.78 is 16.3. The van der Waals surface area contributed by atoms with Crippen molar-refractivity contribution < 1.29 is 4.39 Å². The fourth-order valence-electron chi connectivity index (χ4n) is 3.36. The fourth-order valence-corrected chi connectivity index (χ4v) is 3.36. The van der Waals surface area contributed by atoms with Gasteiger partial charge in [-0.05, 0) is 49.7 Å². The van der Waals surface area contributed by atoms with E-state index in [1.54, 1.807) is 12.3 Å². The van der Waals surface area contributed by atoms with Gasteiger partial charge in [0.15, 0.2) is 5.65 Å². The number of rotatable bonds is 3. The molecule has 0 bridgehead atoms. The minimum atomic E-state index is -0.177. The molecule has 0 saturated carbocycles. The minimum absolute atomic E-state index is 0.177. The highest BCUT2D eigenvalue weighted by Crippen LogP contribution is 2.27. The van der Waals surface area contributed by atoms with Crippen LogP contribution in [0.2, 0.25) is 0 Å². The molecule has 3 aromatic rings. The van der Waals surface area contributed by atoms with Gasteiger partial charge in [-0.2, -0.15) is 0 Å². The fraction of sp³-hybridized carbons (Fsp3) is 0.333. The molecule has 0 aliphatic carbocycles. The summed E-state index contributed by atoms with van der Waals surface area (Å²) >= 11 is 0. The van der Waals surface area contributed by atoms with Crippen LogP contribution >= 0.6 is 0 Å². The van der Waals surface area contributed by atoms with E-state index < -0.39 is 0 Å². The monoisotopic (exact) mass is 310 g/mol. The second kappa shape index (κ2) is 6.08. The van der Waals surface area contributed by atoms with Crippen LogP contribution in [0.1, 0.15) is 30.3 Å². The number of hydrogen-bond donors (Lipinski definition) is 1. The first-order valence-electron chi connectivity index (χ1n) is 8.09. The molecule has 118 valence electrons. The van der Waals surface area contributed by atoms with E-state index in [9.17, 15) is 4.39 Å². The number of nitrogens with one attached hydrogen (secondary N) is 1. The van der Waals surface area contributed by atoms with E-state index in [0.29, 0.717) is 18.0 Å². The van der Waals surface area contributed by atoms with Gasteiger partial charge in [0.25, 0.3) is 0 Å². The predicted molar refractivity (Wildman–Crippen MR) is 87.9 cm³/mol. The van der Waals surface area contributed by atoms with E-state index in [1.165, 1.54) is 6.07 Å². The first-order valence-corrected chi connectivity index (χ1v) is 8.09. The van der Waals surface area contributed by atoms with E-state index in [2.05, 4.69) is 14.9 Å². The Balaban J connectivity index is 1.80. The second-order valence-corrected chi connectivity index (χ2v) is 5.99. The van der Waals surface area contributed by atoms with Crippen molar-refractivity contribution in [2.45, 2.75) is 25.3 Å². The summed E-state index contributed by atoms with van der Waals surface area (Å²) in [7, 11) is 0. The Kier molecular flexibility index (Phi) is 3.79. The van der Waals surface area contributed by atoms with Gasteiger partial charge in [0.1, 0.15) is 17.2 Å². The molecule has 0 radical (unpaired) electrons. The number of fused-ring (bicyclic) bond motifs is 1. The Hall–Kier alpha value is -2.27. The van der Waals surface area contributed by atoms with Crippen LogP contribution in [0.5, 0.6) is 0 Å². The first-order chi connectivity index (χ1) is 11.3. The summed E-state index contributed by atoms with van der Waals surface area (Å²) in [6.45, 7) is 1.99. The molecule has 0 amide bonds. The molecule has 23 heavy (non-hydrogen) atoms. The van der Waals surface area contributed by atoms with Gasteiger partial charge >= 0.3 is 0 Å². The van der Waals surface area contributed by atoms with Crippen LogP contribution in [-0.2, 0) is 6.42 Å². The highest BCUT2D eigenvalue weighted by molar-refractivity contribution is 5.71. The predicted octanol–water partition coefficient (Wildman–Crippen LogP) is 3.09. The zero-order valence-corrected chi connectivity index (χ0v) is 12.9.